The number of ether oxygens (including phenoxy) is 2. The summed E-state index contributed by atoms with van der Waals surface area (Å²) in [5, 5.41) is 5.31. The van der Waals surface area contributed by atoms with Crippen molar-refractivity contribution >= 4 is 22.8 Å². The van der Waals surface area contributed by atoms with E-state index in [2.05, 4.69) is 11.4 Å². The van der Waals surface area contributed by atoms with Crippen LogP contribution < -0.4 is 10.1 Å². The first-order chi connectivity index (χ1) is 13.5. The Kier molecular flexibility index (Phi) is 6.39. The zero-order chi connectivity index (χ0) is 20.1. The van der Waals surface area contributed by atoms with E-state index in [1.165, 1.54) is 0 Å². The number of methoxy groups -OCH3 is 1. The number of hydrogen-bond acceptors (Lipinski definition) is 4. The number of nitrogens with zero attached hydrogens (tertiary/aromatic N) is 1. The van der Waals surface area contributed by atoms with Gasteiger partial charge < -0.3 is 19.7 Å². The highest BCUT2D eigenvalue weighted by atomic mass is 16.6. The van der Waals surface area contributed by atoms with Crippen molar-refractivity contribution in [3.8, 4) is 5.75 Å². The fourth-order valence-electron chi connectivity index (χ4n) is 3.54. The van der Waals surface area contributed by atoms with Gasteiger partial charge in [0.15, 0.2) is 0 Å². The van der Waals surface area contributed by atoms with Crippen LogP contribution in [0.2, 0.25) is 0 Å². The molecule has 6 heteroatoms. The Hall–Kier alpha value is -2.76. The van der Waals surface area contributed by atoms with Crippen molar-refractivity contribution < 1.29 is 19.1 Å². The minimum Gasteiger partial charge on any atom is -0.497 e. The number of carbonyl (C=O) groups excluding carboxylic acids is 2. The van der Waals surface area contributed by atoms with Gasteiger partial charge in [-0.3, -0.25) is 4.79 Å². The van der Waals surface area contributed by atoms with Crippen LogP contribution in [0.15, 0.2) is 36.4 Å². The Morgan fingerprint density at radius 1 is 1.14 bits per heavy atom. The lowest BCUT2D eigenvalue weighted by Gasteiger charge is -2.32. The lowest BCUT2D eigenvalue weighted by atomic mass is 9.96. The molecule has 28 heavy (non-hydrogen) atoms. The average Bonchev–Trinajstić information content (AvgIpc) is 2.73. The Bertz CT molecular complexity index is 844. The zero-order valence-electron chi connectivity index (χ0n) is 16.7. The monoisotopic (exact) mass is 384 g/mol. The Morgan fingerprint density at radius 2 is 1.82 bits per heavy atom. The van der Waals surface area contributed by atoms with Gasteiger partial charge in [-0.2, -0.15) is 0 Å². The van der Waals surface area contributed by atoms with E-state index in [0.29, 0.717) is 19.7 Å². The molecule has 0 radical (unpaired) electrons. The molecular formula is C22H28N2O4. The highest BCUT2D eigenvalue weighted by Crippen LogP contribution is 2.25. The maximum Gasteiger partial charge on any atom is 0.409 e. The van der Waals surface area contributed by atoms with Gasteiger partial charge in [-0.25, -0.2) is 4.79 Å². The molecule has 1 aliphatic rings. The van der Waals surface area contributed by atoms with Crippen molar-refractivity contribution in [1.82, 2.24) is 10.2 Å². The van der Waals surface area contributed by atoms with Gasteiger partial charge in [0.25, 0.3) is 0 Å². The van der Waals surface area contributed by atoms with Crippen LogP contribution in [0.25, 0.3) is 10.8 Å². The minimum absolute atomic E-state index is 0.0162. The Balaban J connectivity index is 1.59. The van der Waals surface area contributed by atoms with Crippen molar-refractivity contribution in [3.05, 3.63) is 42.0 Å². The number of nitrogens with one attached hydrogen (secondary N) is 1. The van der Waals surface area contributed by atoms with Crippen LogP contribution in [0.4, 0.5) is 4.79 Å². The number of likely N-dealkylation sites (tertiary alicyclic amines) is 1. The molecule has 0 aromatic heterocycles. The van der Waals surface area contributed by atoms with Gasteiger partial charge in [-0.1, -0.05) is 24.3 Å². The van der Waals surface area contributed by atoms with Crippen LogP contribution in [-0.4, -0.2) is 49.7 Å². The third-order valence-corrected chi connectivity index (χ3v) is 5.33. The summed E-state index contributed by atoms with van der Waals surface area (Å²) in [5.41, 5.74) is 0.985. The van der Waals surface area contributed by atoms with Gasteiger partial charge in [-0.15, -0.1) is 0 Å². The predicted molar refractivity (Wildman–Crippen MR) is 109 cm³/mol. The maximum atomic E-state index is 12.7. The summed E-state index contributed by atoms with van der Waals surface area (Å²) < 4.78 is 10.3. The lowest BCUT2D eigenvalue weighted by molar-refractivity contribution is -0.123. The first kappa shape index (κ1) is 20.0. The normalized spacial score (nSPS) is 15.9. The van der Waals surface area contributed by atoms with E-state index >= 15 is 0 Å². The van der Waals surface area contributed by atoms with Crippen molar-refractivity contribution in [2.45, 2.75) is 38.6 Å². The summed E-state index contributed by atoms with van der Waals surface area (Å²) in [6.07, 6.45) is 1.22. The van der Waals surface area contributed by atoms with E-state index in [1.807, 2.05) is 37.3 Å². The molecule has 0 saturated carbocycles. The molecule has 150 valence electrons. The van der Waals surface area contributed by atoms with Gasteiger partial charge in [0, 0.05) is 19.1 Å². The lowest BCUT2D eigenvalue weighted by Crippen LogP contribution is -2.47. The molecule has 2 aromatic carbocycles. The molecule has 2 amide bonds. The molecule has 0 unspecified atom stereocenters. The van der Waals surface area contributed by atoms with Crippen LogP contribution in [0, 0.1) is 0 Å². The van der Waals surface area contributed by atoms with Crippen molar-refractivity contribution in [3.63, 3.8) is 0 Å². The van der Waals surface area contributed by atoms with Gasteiger partial charge in [-0.05, 0) is 55.2 Å². The number of rotatable bonds is 5. The molecule has 1 N–H and O–H groups in total. The fourth-order valence-corrected chi connectivity index (χ4v) is 3.54. The average molecular weight is 384 g/mol. The van der Waals surface area contributed by atoms with E-state index in [4.69, 9.17) is 9.47 Å². The summed E-state index contributed by atoms with van der Waals surface area (Å²) >= 11 is 0. The van der Waals surface area contributed by atoms with Crippen LogP contribution in [0.5, 0.6) is 5.75 Å². The van der Waals surface area contributed by atoms with E-state index in [9.17, 15) is 9.59 Å². The molecular weight excluding hydrogens is 356 g/mol. The fraction of sp³-hybridized carbons (Fsp3) is 0.455. The van der Waals surface area contributed by atoms with Crippen LogP contribution in [0.3, 0.4) is 0 Å². The van der Waals surface area contributed by atoms with E-state index in [1.54, 1.807) is 18.9 Å². The SMILES string of the molecule is CCOC(=O)N1CCC(NC(=O)[C@@H](C)c2ccc3cc(OC)ccc3c2)CC1. The highest BCUT2D eigenvalue weighted by molar-refractivity contribution is 5.88. The standard InChI is InChI=1S/C22H28N2O4/c1-4-28-22(26)24-11-9-19(10-12-24)23-21(25)15(2)16-5-6-18-14-20(27-3)8-7-17(18)13-16/h5-8,13-15,19H,4,9-12H2,1-3H3,(H,23,25)/t15-/m0/s1. The number of hydrogen-bond donors (Lipinski definition) is 1. The zero-order valence-corrected chi connectivity index (χ0v) is 16.7. The third kappa shape index (κ3) is 4.55. The summed E-state index contributed by atoms with van der Waals surface area (Å²) in [6.45, 7) is 5.32. The van der Waals surface area contributed by atoms with Crippen LogP contribution in [0.1, 0.15) is 38.2 Å². The second kappa shape index (κ2) is 8.95. The van der Waals surface area contributed by atoms with Crippen molar-refractivity contribution in [1.29, 1.82) is 0 Å². The first-order valence-corrected chi connectivity index (χ1v) is 9.81. The number of fused-ring (bicyclic) bond motifs is 1. The highest BCUT2D eigenvalue weighted by Gasteiger charge is 2.26. The van der Waals surface area contributed by atoms with Gasteiger partial charge in [0.05, 0.1) is 19.6 Å². The first-order valence-electron chi connectivity index (χ1n) is 9.81. The molecule has 3 rings (SSSR count). The Morgan fingerprint density at radius 3 is 2.50 bits per heavy atom. The molecule has 0 aliphatic carbocycles. The van der Waals surface area contributed by atoms with Crippen molar-refractivity contribution in [2.75, 3.05) is 26.8 Å². The smallest absolute Gasteiger partial charge is 0.409 e. The minimum atomic E-state index is -0.270. The molecule has 0 bridgehead atoms. The predicted octanol–water partition coefficient (Wildman–Crippen LogP) is 3.69. The molecule has 6 nitrogen and oxygen atoms in total. The second-order valence-corrected chi connectivity index (χ2v) is 7.16. The van der Waals surface area contributed by atoms with E-state index in [-0.39, 0.29) is 24.0 Å². The van der Waals surface area contributed by atoms with E-state index in [0.717, 1.165) is 34.9 Å². The second-order valence-electron chi connectivity index (χ2n) is 7.16. The van der Waals surface area contributed by atoms with Gasteiger partial charge in [0.1, 0.15) is 5.75 Å². The van der Waals surface area contributed by atoms with Gasteiger partial charge in [0.2, 0.25) is 5.91 Å². The number of carbonyl (C=O) groups is 2. The molecule has 1 fully saturated rings. The third-order valence-electron chi connectivity index (χ3n) is 5.33. The summed E-state index contributed by atoms with van der Waals surface area (Å²) in [7, 11) is 1.65. The number of amides is 2. The van der Waals surface area contributed by atoms with Crippen molar-refractivity contribution in [2.24, 2.45) is 0 Å². The largest absolute Gasteiger partial charge is 0.497 e. The number of piperidine rings is 1. The van der Waals surface area contributed by atoms with Crippen LogP contribution in [-0.2, 0) is 9.53 Å². The summed E-state index contributed by atoms with van der Waals surface area (Å²) in [6, 6.07) is 12.1. The quantitative estimate of drug-likeness (QED) is 0.854. The van der Waals surface area contributed by atoms with Crippen LogP contribution >= 0.6 is 0 Å². The molecule has 0 spiro atoms. The summed E-state index contributed by atoms with van der Waals surface area (Å²) in [5.74, 6) is 0.595. The Labute approximate surface area is 165 Å². The molecule has 1 aliphatic heterocycles. The molecule has 1 saturated heterocycles. The molecule has 2 aromatic rings. The summed E-state index contributed by atoms with van der Waals surface area (Å²) in [4.78, 5) is 26.2. The van der Waals surface area contributed by atoms with Gasteiger partial charge >= 0.3 is 6.09 Å². The molecule has 1 atom stereocenters. The topological polar surface area (TPSA) is 67.9 Å². The number of benzene rings is 2. The van der Waals surface area contributed by atoms with E-state index < -0.39 is 0 Å². The maximum absolute atomic E-state index is 12.7. The molecule has 1 heterocycles.